The summed E-state index contributed by atoms with van der Waals surface area (Å²) in [6, 6.07) is 49.7. The van der Waals surface area contributed by atoms with Crippen LogP contribution in [-0.2, 0) is 0 Å². The number of benzene rings is 6. The molecule has 208 valence electrons. The van der Waals surface area contributed by atoms with Crippen LogP contribution in [0.4, 0.5) is 17.1 Å². The summed E-state index contributed by atoms with van der Waals surface area (Å²) in [6.45, 7) is 0. The van der Waals surface area contributed by atoms with E-state index < -0.39 is 0 Å². The van der Waals surface area contributed by atoms with Crippen molar-refractivity contribution in [2.45, 2.75) is 0 Å². The second-order valence-corrected chi connectivity index (χ2v) is 11.2. The van der Waals surface area contributed by atoms with Gasteiger partial charge in [-0.1, -0.05) is 66.7 Å². The van der Waals surface area contributed by atoms with Crippen LogP contribution in [0.1, 0.15) is 0 Å². The van der Waals surface area contributed by atoms with Gasteiger partial charge in [-0.15, -0.1) is 0 Å². The van der Waals surface area contributed by atoms with E-state index in [1.165, 1.54) is 32.7 Å². The first-order valence-electron chi connectivity index (χ1n) is 14.8. The van der Waals surface area contributed by atoms with Crippen LogP contribution in [0, 0.1) is 0 Å². The summed E-state index contributed by atoms with van der Waals surface area (Å²) in [6.07, 6.45) is 1.86. The van der Waals surface area contributed by atoms with Gasteiger partial charge in [-0.2, -0.15) is 0 Å². The molecule has 0 amide bonds. The molecule has 0 aliphatic carbocycles. The number of methoxy groups -OCH3 is 1. The Morgan fingerprint density at radius 3 is 2.20 bits per heavy atom. The van der Waals surface area contributed by atoms with Crippen LogP contribution >= 0.6 is 0 Å². The Bertz CT molecular complexity index is 2370. The molecule has 0 atom stereocenters. The lowest BCUT2D eigenvalue weighted by Gasteiger charge is -2.34. The number of fused-ring (bicyclic) bond motifs is 5. The van der Waals surface area contributed by atoms with E-state index in [9.17, 15) is 0 Å². The molecule has 0 bridgehead atoms. The van der Waals surface area contributed by atoms with Crippen molar-refractivity contribution < 1.29 is 4.74 Å². The quantitative estimate of drug-likeness (QED) is 0.213. The number of nitrogens with zero attached hydrogens (tertiary/aromatic N) is 3. The highest BCUT2D eigenvalue weighted by Gasteiger charge is 2.28. The molecule has 2 aromatic heterocycles. The maximum atomic E-state index is 5.68. The number of aromatic nitrogens is 2. The van der Waals surface area contributed by atoms with Crippen molar-refractivity contribution >= 4 is 49.6 Å². The third-order valence-electron chi connectivity index (χ3n) is 8.82. The van der Waals surface area contributed by atoms with Crippen molar-refractivity contribution in [1.29, 1.82) is 0 Å². The number of hydrogen-bond acceptors (Lipinski definition) is 3. The molecule has 1 aliphatic heterocycles. The third kappa shape index (κ3) is 3.61. The molecule has 8 aromatic rings. The van der Waals surface area contributed by atoms with E-state index in [0.29, 0.717) is 0 Å². The predicted octanol–water partition coefficient (Wildman–Crippen LogP) is 10.5. The zero-order valence-corrected chi connectivity index (χ0v) is 24.1. The van der Waals surface area contributed by atoms with Crippen LogP contribution in [-0.4, -0.2) is 16.7 Å². The molecular formula is C40H27N3O. The summed E-state index contributed by atoms with van der Waals surface area (Å²) in [4.78, 5) is 7.04. The normalized spacial score (nSPS) is 12.2. The number of anilines is 3. The molecule has 6 aromatic carbocycles. The number of hydrogen-bond donors (Lipinski definition) is 0. The smallest absolute Gasteiger partial charge is 0.120 e. The predicted molar refractivity (Wildman–Crippen MR) is 182 cm³/mol. The van der Waals surface area contributed by atoms with Gasteiger partial charge in [-0.25, -0.2) is 0 Å². The largest absolute Gasteiger partial charge is 0.497 e. The molecule has 9 rings (SSSR count). The van der Waals surface area contributed by atoms with Gasteiger partial charge in [0.15, 0.2) is 0 Å². The second kappa shape index (κ2) is 9.58. The second-order valence-electron chi connectivity index (χ2n) is 11.2. The van der Waals surface area contributed by atoms with Gasteiger partial charge in [0.1, 0.15) is 5.75 Å². The van der Waals surface area contributed by atoms with Crippen molar-refractivity contribution in [2.75, 3.05) is 12.0 Å². The summed E-state index contributed by atoms with van der Waals surface area (Å²) in [5.41, 5.74) is 11.3. The van der Waals surface area contributed by atoms with Crippen LogP contribution in [0.5, 0.6) is 5.75 Å². The molecule has 0 spiro atoms. The Morgan fingerprint density at radius 1 is 0.568 bits per heavy atom. The first-order chi connectivity index (χ1) is 21.8. The minimum absolute atomic E-state index is 0.830. The lowest BCUT2D eigenvalue weighted by molar-refractivity contribution is 0.415. The molecular weight excluding hydrogens is 538 g/mol. The average Bonchev–Trinajstić information content (AvgIpc) is 3.41. The maximum Gasteiger partial charge on any atom is 0.120 e. The summed E-state index contributed by atoms with van der Waals surface area (Å²) in [7, 11) is 1.72. The van der Waals surface area contributed by atoms with E-state index >= 15 is 0 Å². The fourth-order valence-electron chi connectivity index (χ4n) is 6.89. The van der Waals surface area contributed by atoms with Gasteiger partial charge < -0.3 is 14.2 Å². The highest BCUT2D eigenvalue weighted by Crippen LogP contribution is 2.53. The summed E-state index contributed by atoms with van der Waals surface area (Å²) in [5.74, 6) is 0.830. The molecule has 0 N–H and O–H groups in total. The van der Waals surface area contributed by atoms with E-state index in [1.54, 1.807) is 7.11 Å². The first-order valence-corrected chi connectivity index (χ1v) is 14.8. The zero-order valence-electron chi connectivity index (χ0n) is 24.1. The van der Waals surface area contributed by atoms with Gasteiger partial charge >= 0.3 is 0 Å². The van der Waals surface area contributed by atoms with E-state index in [0.717, 1.165) is 50.8 Å². The van der Waals surface area contributed by atoms with Crippen LogP contribution in [0.25, 0.3) is 60.6 Å². The van der Waals surface area contributed by atoms with Crippen molar-refractivity contribution in [3.05, 3.63) is 146 Å². The number of para-hydroxylation sites is 1. The van der Waals surface area contributed by atoms with Crippen molar-refractivity contribution in [2.24, 2.45) is 0 Å². The Balaban J connectivity index is 1.42. The van der Waals surface area contributed by atoms with Gasteiger partial charge in [-0.3, -0.25) is 4.98 Å². The van der Waals surface area contributed by atoms with Crippen LogP contribution in [0.15, 0.2) is 146 Å². The van der Waals surface area contributed by atoms with Gasteiger partial charge in [-0.05, 0) is 77.7 Å². The lowest BCUT2D eigenvalue weighted by atomic mass is 9.89. The van der Waals surface area contributed by atoms with Gasteiger partial charge in [0.05, 0.1) is 35.2 Å². The molecule has 1 aliphatic rings. The summed E-state index contributed by atoms with van der Waals surface area (Å²) < 4.78 is 8.06. The molecule has 44 heavy (non-hydrogen) atoms. The van der Waals surface area contributed by atoms with E-state index in [1.807, 2.05) is 24.4 Å². The molecule has 0 fully saturated rings. The zero-order chi connectivity index (χ0) is 29.2. The SMILES string of the molecule is COc1cccc(N2c3cc4c(cc3-c3cccc5cccc2c35)c2cc(-c3ccccn3)ccc2n4-c2ccccc2)c1. The van der Waals surface area contributed by atoms with Gasteiger partial charge in [0, 0.05) is 50.9 Å². The third-order valence-corrected chi connectivity index (χ3v) is 8.82. The number of ether oxygens (including phenoxy) is 1. The Kier molecular flexibility index (Phi) is 5.38. The molecule has 0 saturated heterocycles. The Hall–Kier alpha value is -5.87. The maximum absolute atomic E-state index is 5.68. The number of pyridine rings is 1. The molecule has 0 radical (unpaired) electrons. The average molecular weight is 566 g/mol. The summed E-state index contributed by atoms with van der Waals surface area (Å²) >= 11 is 0. The monoisotopic (exact) mass is 565 g/mol. The molecule has 4 heteroatoms. The number of rotatable bonds is 4. The van der Waals surface area contributed by atoms with Crippen LogP contribution in [0.2, 0.25) is 0 Å². The fourth-order valence-corrected chi connectivity index (χ4v) is 6.89. The Morgan fingerprint density at radius 2 is 1.36 bits per heavy atom. The van der Waals surface area contributed by atoms with Crippen LogP contribution in [0.3, 0.4) is 0 Å². The highest BCUT2D eigenvalue weighted by molar-refractivity contribution is 6.19. The molecule has 0 saturated carbocycles. The molecule has 3 heterocycles. The summed E-state index contributed by atoms with van der Waals surface area (Å²) in [5, 5.41) is 4.89. The molecule has 0 unspecified atom stereocenters. The van der Waals surface area contributed by atoms with Crippen molar-refractivity contribution in [1.82, 2.24) is 9.55 Å². The van der Waals surface area contributed by atoms with Crippen LogP contribution < -0.4 is 9.64 Å². The van der Waals surface area contributed by atoms with E-state index in [4.69, 9.17) is 4.74 Å². The minimum atomic E-state index is 0.830. The first kappa shape index (κ1) is 24.7. The Labute approximate surface area is 255 Å². The highest BCUT2D eigenvalue weighted by atomic mass is 16.5. The van der Waals surface area contributed by atoms with Crippen molar-refractivity contribution in [3.63, 3.8) is 0 Å². The minimum Gasteiger partial charge on any atom is -0.497 e. The topological polar surface area (TPSA) is 30.3 Å². The molecule has 4 nitrogen and oxygen atoms in total. The van der Waals surface area contributed by atoms with Crippen molar-refractivity contribution in [3.8, 4) is 33.8 Å². The lowest BCUT2D eigenvalue weighted by Crippen LogP contribution is -2.15. The van der Waals surface area contributed by atoms with Gasteiger partial charge in [0.25, 0.3) is 0 Å². The standard InChI is InChI=1S/C40H27N3O/c1-44-30-15-9-14-29(23-30)43-37-18-8-11-26-10-7-16-31(40(26)37)33-24-34-32-22-27(35-17-5-6-21-41-35)19-20-36(32)42(39(34)25-38(33)43)28-12-3-2-4-13-28/h2-25H,1H3. The van der Waals surface area contributed by atoms with E-state index in [2.05, 4.69) is 136 Å². The fraction of sp³-hybridized carbons (Fsp3) is 0.0250. The van der Waals surface area contributed by atoms with Gasteiger partial charge in [0.2, 0.25) is 0 Å². The van der Waals surface area contributed by atoms with E-state index in [-0.39, 0.29) is 0 Å².